The zero-order chi connectivity index (χ0) is 27.2. The van der Waals surface area contributed by atoms with Crippen LogP contribution in [0, 0.1) is 0 Å². The summed E-state index contributed by atoms with van der Waals surface area (Å²) in [5, 5.41) is 6.52. The lowest BCUT2D eigenvalue weighted by Crippen LogP contribution is -2.43. The number of nitrogens with two attached hydrogens (primary N) is 1. The van der Waals surface area contributed by atoms with E-state index < -0.39 is 0 Å². The molecular weight excluding hydrogens is 486 g/mol. The van der Waals surface area contributed by atoms with Crippen molar-refractivity contribution in [2.24, 2.45) is 10.7 Å². The third kappa shape index (κ3) is 6.23. The van der Waals surface area contributed by atoms with Crippen LogP contribution in [0.5, 0.6) is 0 Å². The van der Waals surface area contributed by atoms with Gasteiger partial charge in [-0.25, -0.2) is 4.98 Å². The van der Waals surface area contributed by atoms with Gasteiger partial charge in [0.15, 0.2) is 0 Å². The van der Waals surface area contributed by atoms with Crippen molar-refractivity contribution in [3.05, 3.63) is 84.1 Å². The average Bonchev–Trinajstić information content (AvgIpc) is 2.98. The molecule has 8 nitrogen and oxygen atoms in total. The van der Waals surface area contributed by atoms with E-state index in [2.05, 4.69) is 68.8 Å². The molecule has 5 rings (SSSR count). The molecule has 0 saturated carbocycles. The lowest BCUT2D eigenvalue weighted by Gasteiger charge is -2.40. The first-order chi connectivity index (χ1) is 18.9. The van der Waals surface area contributed by atoms with Gasteiger partial charge in [-0.2, -0.15) is 0 Å². The molecule has 39 heavy (non-hydrogen) atoms. The lowest BCUT2D eigenvalue weighted by atomic mass is 9.74. The minimum Gasteiger partial charge on any atom is -0.365 e. The van der Waals surface area contributed by atoms with Gasteiger partial charge in [0.05, 0.1) is 6.20 Å². The zero-order valence-electron chi connectivity index (χ0n) is 23.0. The Kier molecular flexibility index (Phi) is 8.12. The van der Waals surface area contributed by atoms with Gasteiger partial charge in [0.2, 0.25) is 0 Å². The second kappa shape index (κ2) is 11.9. The van der Waals surface area contributed by atoms with E-state index in [9.17, 15) is 4.79 Å². The van der Waals surface area contributed by atoms with Crippen LogP contribution in [-0.2, 0) is 5.41 Å². The van der Waals surface area contributed by atoms with Gasteiger partial charge in [0.1, 0.15) is 5.69 Å². The summed E-state index contributed by atoms with van der Waals surface area (Å²) in [6, 6.07) is 22.6. The maximum Gasteiger partial charge on any atom is 0.348 e. The molecule has 0 atom stereocenters. The van der Waals surface area contributed by atoms with Crippen molar-refractivity contribution in [3.8, 4) is 0 Å². The molecular formula is C31H40N7O+. The van der Waals surface area contributed by atoms with Gasteiger partial charge in [0.25, 0.3) is 5.91 Å². The fourth-order valence-electron chi connectivity index (χ4n) is 5.69. The molecule has 2 fully saturated rings. The number of guanidine groups is 1. The number of benzene rings is 2. The normalized spacial score (nSPS) is 18.0. The number of rotatable bonds is 6. The third-order valence-corrected chi connectivity index (χ3v) is 8.30. The number of piperidine rings is 2. The average molecular weight is 527 g/mol. The fraction of sp³-hybridized carbons (Fsp3) is 0.387. The molecule has 0 radical (unpaired) electrons. The van der Waals surface area contributed by atoms with Crippen LogP contribution in [0.4, 0.5) is 17.2 Å². The molecule has 0 unspecified atom stereocenters. The van der Waals surface area contributed by atoms with Crippen molar-refractivity contribution in [2.75, 3.05) is 43.4 Å². The molecule has 0 bridgehead atoms. The van der Waals surface area contributed by atoms with Crippen LogP contribution in [0.2, 0.25) is 0 Å². The Morgan fingerprint density at radius 3 is 2.44 bits per heavy atom. The van der Waals surface area contributed by atoms with Crippen LogP contribution in [0.15, 0.2) is 77.9 Å². The SMILES string of the molecule is CN(C(=O)c1ccc(N/C(N)=N/c2[nH+]cccc2N2CCC(C)(c3ccccc3)CC2)cc1)C1CCNCC1. The van der Waals surface area contributed by atoms with E-state index >= 15 is 0 Å². The maximum absolute atomic E-state index is 13.0. The number of H-pyrrole nitrogens is 1. The number of hydrogen-bond acceptors (Lipinski definition) is 4. The van der Waals surface area contributed by atoms with E-state index in [0.29, 0.717) is 5.56 Å². The van der Waals surface area contributed by atoms with Crippen LogP contribution < -0.4 is 26.3 Å². The Labute approximate surface area is 231 Å². The summed E-state index contributed by atoms with van der Waals surface area (Å²) in [4.78, 5) is 25.1. The van der Waals surface area contributed by atoms with Gasteiger partial charge in [-0.3, -0.25) is 4.79 Å². The number of hydrogen-bond donors (Lipinski definition) is 3. The molecule has 8 heteroatoms. The Morgan fingerprint density at radius 1 is 1.05 bits per heavy atom. The highest BCUT2D eigenvalue weighted by Gasteiger charge is 2.33. The quantitative estimate of drug-likeness (QED) is 0.334. The van der Waals surface area contributed by atoms with Crippen molar-refractivity contribution in [3.63, 3.8) is 0 Å². The number of aromatic nitrogens is 1. The third-order valence-electron chi connectivity index (χ3n) is 8.30. The van der Waals surface area contributed by atoms with E-state index in [1.807, 2.05) is 48.5 Å². The lowest BCUT2D eigenvalue weighted by molar-refractivity contribution is -0.362. The smallest absolute Gasteiger partial charge is 0.348 e. The highest BCUT2D eigenvalue weighted by Crippen LogP contribution is 2.37. The van der Waals surface area contributed by atoms with E-state index in [4.69, 9.17) is 5.73 Å². The number of amides is 1. The summed E-state index contributed by atoms with van der Waals surface area (Å²) in [7, 11) is 1.90. The van der Waals surface area contributed by atoms with Gasteiger partial charge >= 0.3 is 11.8 Å². The molecule has 2 saturated heterocycles. The van der Waals surface area contributed by atoms with Crippen LogP contribution in [-0.4, -0.2) is 56.0 Å². The Hall–Kier alpha value is -3.91. The van der Waals surface area contributed by atoms with Crippen molar-refractivity contribution in [1.29, 1.82) is 0 Å². The Balaban J connectivity index is 1.23. The first-order valence-electron chi connectivity index (χ1n) is 13.9. The van der Waals surface area contributed by atoms with Crippen molar-refractivity contribution < 1.29 is 9.78 Å². The molecule has 1 amide bonds. The maximum atomic E-state index is 13.0. The minimum absolute atomic E-state index is 0.0449. The first kappa shape index (κ1) is 26.7. The number of nitrogens with one attached hydrogen (secondary N) is 3. The molecule has 0 aliphatic carbocycles. The predicted molar refractivity (Wildman–Crippen MR) is 158 cm³/mol. The van der Waals surface area contributed by atoms with Crippen LogP contribution in [0.3, 0.4) is 0 Å². The van der Waals surface area contributed by atoms with Gasteiger partial charge in [-0.15, -0.1) is 0 Å². The van der Waals surface area contributed by atoms with E-state index in [0.717, 1.165) is 69.1 Å². The summed E-state index contributed by atoms with van der Waals surface area (Å²) in [6.07, 6.45) is 5.97. The second-order valence-electron chi connectivity index (χ2n) is 10.9. The zero-order valence-corrected chi connectivity index (χ0v) is 23.0. The number of aromatic amines is 1. The first-order valence-corrected chi connectivity index (χ1v) is 13.9. The molecule has 2 aromatic carbocycles. The van der Waals surface area contributed by atoms with Gasteiger partial charge in [0, 0.05) is 37.4 Å². The van der Waals surface area contributed by atoms with Gasteiger partial charge in [-0.1, -0.05) is 37.3 Å². The summed E-state index contributed by atoms with van der Waals surface area (Å²) in [6.45, 7) is 6.16. The monoisotopic (exact) mass is 526 g/mol. The van der Waals surface area contributed by atoms with Crippen LogP contribution in [0.1, 0.15) is 48.5 Å². The standard InChI is InChI=1S/C31H39N7O/c1-31(24-7-4-3-5-8-24)16-21-38(22-17-31)27-9-6-18-34-28(27)36-30(32)35-25-12-10-23(11-13-25)29(39)37(2)26-14-19-33-20-15-26/h3-13,18,26,33H,14-17,19-22H2,1-2H3,(H3,32,34,35,36)/p+1. The second-order valence-corrected chi connectivity index (χ2v) is 10.9. The minimum atomic E-state index is 0.0449. The molecule has 3 aromatic rings. The van der Waals surface area contributed by atoms with Crippen LogP contribution in [0.25, 0.3) is 0 Å². The summed E-state index contributed by atoms with van der Waals surface area (Å²) in [5.74, 6) is 1.06. The molecule has 2 aliphatic rings. The topological polar surface area (TPSA) is 100 Å². The predicted octanol–water partition coefficient (Wildman–Crippen LogP) is 3.94. The van der Waals surface area contributed by atoms with Crippen molar-refractivity contribution in [1.82, 2.24) is 10.2 Å². The molecule has 204 valence electrons. The van der Waals surface area contributed by atoms with Crippen molar-refractivity contribution in [2.45, 2.75) is 44.1 Å². The number of nitrogens with zero attached hydrogens (tertiary/aromatic N) is 3. The number of carbonyl (C=O) groups is 1. The van der Waals surface area contributed by atoms with Crippen molar-refractivity contribution >= 4 is 29.1 Å². The van der Waals surface area contributed by atoms with E-state index in [-0.39, 0.29) is 23.3 Å². The fourth-order valence-corrected chi connectivity index (χ4v) is 5.69. The van der Waals surface area contributed by atoms with E-state index in [1.165, 1.54) is 5.56 Å². The molecule has 0 spiro atoms. The van der Waals surface area contributed by atoms with E-state index in [1.54, 1.807) is 0 Å². The molecule has 2 aliphatic heterocycles. The largest absolute Gasteiger partial charge is 0.365 e. The number of pyridine rings is 1. The summed E-state index contributed by atoms with van der Waals surface area (Å²) < 4.78 is 0. The summed E-state index contributed by atoms with van der Waals surface area (Å²) >= 11 is 0. The molecule has 1 aromatic heterocycles. The molecule has 5 N–H and O–H groups in total. The Bertz CT molecular complexity index is 1280. The molecule has 3 heterocycles. The number of anilines is 2. The highest BCUT2D eigenvalue weighted by atomic mass is 16.2. The summed E-state index contributed by atoms with van der Waals surface area (Å²) in [5.41, 5.74) is 10.4. The Morgan fingerprint density at radius 2 is 1.74 bits per heavy atom. The number of aliphatic imine (C=N–C) groups is 1. The number of carbonyl (C=O) groups excluding carboxylic acids is 1. The highest BCUT2D eigenvalue weighted by molar-refractivity contribution is 5.97. The van der Waals surface area contributed by atoms with Crippen LogP contribution >= 0.6 is 0 Å². The van der Waals surface area contributed by atoms with Gasteiger partial charge in [-0.05, 0) is 91.1 Å². The van der Waals surface area contributed by atoms with Gasteiger partial charge < -0.3 is 26.2 Å².